The van der Waals surface area contributed by atoms with Crippen LogP contribution >= 0.6 is 0 Å². The van der Waals surface area contributed by atoms with Gasteiger partial charge in [0.05, 0.1) is 52.0 Å². The van der Waals surface area contributed by atoms with Crippen LogP contribution in [0.4, 0.5) is 0 Å². The number of allylic oxidation sites excluding steroid dienone is 1. The summed E-state index contributed by atoms with van der Waals surface area (Å²) >= 11 is 0. The van der Waals surface area contributed by atoms with E-state index in [-0.39, 0.29) is 11.8 Å². The number of hydrogen-bond acceptors (Lipinski definition) is 8. The highest BCUT2D eigenvalue weighted by Gasteiger charge is 2.12. The summed E-state index contributed by atoms with van der Waals surface area (Å²) in [5, 5.41) is 0. The fourth-order valence-electron chi connectivity index (χ4n) is 3.02. The average molecular weight is 458 g/mol. The number of carbonyl (C=O) groups excluding carboxylic acids is 2. The number of ether oxygens (including phenoxy) is 5. The lowest BCUT2D eigenvalue weighted by Crippen LogP contribution is -2.04. The molecule has 0 radical (unpaired) electrons. The molecule has 0 spiro atoms. The van der Waals surface area contributed by atoms with E-state index in [0.29, 0.717) is 53.9 Å². The lowest BCUT2D eigenvalue weighted by atomic mass is 10.1. The third-order valence-electron chi connectivity index (χ3n) is 4.74. The van der Waals surface area contributed by atoms with Crippen molar-refractivity contribution in [1.29, 1.82) is 0 Å². The second kappa shape index (κ2) is 13.8. The number of unbranched alkanes of at least 4 members (excludes halogenated alkanes) is 2. The van der Waals surface area contributed by atoms with Crippen molar-refractivity contribution in [2.75, 3.05) is 34.5 Å². The van der Waals surface area contributed by atoms with Gasteiger partial charge in [-0.25, -0.2) is 0 Å². The van der Waals surface area contributed by atoms with Crippen molar-refractivity contribution in [3.8, 4) is 23.0 Å². The third-order valence-corrected chi connectivity index (χ3v) is 4.74. The van der Waals surface area contributed by atoms with Crippen LogP contribution in [0, 0.1) is 0 Å². The number of rotatable bonds is 14. The van der Waals surface area contributed by atoms with Crippen molar-refractivity contribution < 1.29 is 33.3 Å². The van der Waals surface area contributed by atoms with E-state index in [1.165, 1.54) is 27.4 Å². The molecule has 0 unspecified atom stereocenters. The second-order valence-electron chi connectivity index (χ2n) is 6.99. The fraction of sp³-hybridized carbons (Fsp3) is 0.400. The number of ketones is 1. The molecule has 8 nitrogen and oxygen atoms in total. The quantitative estimate of drug-likeness (QED) is 0.177. The summed E-state index contributed by atoms with van der Waals surface area (Å²) < 4.78 is 26.6. The number of esters is 1. The summed E-state index contributed by atoms with van der Waals surface area (Å²) in [7, 11) is 4.58. The van der Waals surface area contributed by atoms with Gasteiger partial charge in [-0.1, -0.05) is 0 Å². The molecule has 8 heteroatoms. The smallest absolute Gasteiger partial charge is 0.305 e. The van der Waals surface area contributed by atoms with E-state index in [4.69, 9.17) is 23.7 Å². The molecule has 0 saturated heterocycles. The molecular formula is C25H31NO7. The Bertz CT molecular complexity index is 956. The molecule has 0 fully saturated rings. The Morgan fingerprint density at radius 3 is 2.42 bits per heavy atom. The lowest BCUT2D eigenvalue weighted by Gasteiger charge is -2.11. The van der Waals surface area contributed by atoms with Crippen molar-refractivity contribution in [2.45, 2.75) is 32.6 Å². The number of pyridine rings is 1. The number of carbonyl (C=O) groups is 2. The zero-order valence-corrected chi connectivity index (χ0v) is 19.6. The first-order valence-electron chi connectivity index (χ1n) is 10.8. The normalized spacial score (nSPS) is 10.7. The minimum atomic E-state index is -0.243. The number of benzene rings is 1. The monoisotopic (exact) mass is 457 g/mol. The van der Waals surface area contributed by atoms with Crippen LogP contribution in [0.3, 0.4) is 0 Å². The maximum atomic E-state index is 12.7. The van der Waals surface area contributed by atoms with Crippen LogP contribution in [-0.2, 0) is 9.53 Å². The predicted octanol–water partition coefficient (Wildman–Crippen LogP) is 4.51. The predicted molar refractivity (Wildman–Crippen MR) is 124 cm³/mol. The molecule has 0 aliphatic carbocycles. The van der Waals surface area contributed by atoms with E-state index < -0.39 is 0 Å². The molecule has 33 heavy (non-hydrogen) atoms. The van der Waals surface area contributed by atoms with E-state index in [2.05, 4.69) is 4.98 Å². The van der Waals surface area contributed by atoms with Crippen LogP contribution in [0.15, 0.2) is 36.5 Å². The first-order valence-corrected chi connectivity index (χ1v) is 10.8. The molecule has 1 heterocycles. The fourth-order valence-corrected chi connectivity index (χ4v) is 3.02. The van der Waals surface area contributed by atoms with Gasteiger partial charge in [-0.3, -0.25) is 14.6 Å². The summed E-state index contributed by atoms with van der Waals surface area (Å²) in [6, 6.07) is 6.75. The summed E-state index contributed by atoms with van der Waals surface area (Å²) in [6.07, 6.45) is 7.36. The highest BCUT2D eigenvalue weighted by Crippen LogP contribution is 2.28. The van der Waals surface area contributed by atoms with E-state index in [9.17, 15) is 9.59 Å². The molecule has 178 valence electrons. The largest absolute Gasteiger partial charge is 0.497 e. The number of nitrogens with zero attached hydrogens (tertiary/aromatic N) is 1. The van der Waals surface area contributed by atoms with Crippen LogP contribution in [0.2, 0.25) is 0 Å². The molecule has 0 bridgehead atoms. The highest BCUT2D eigenvalue weighted by atomic mass is 16.5. The Kier molecular flexibility index (Phi) is 10.7. The Morgan fingerprint density at radius 1 is 0.939 bits per heavy atom. The minimum absolute atomic E-state index is 0.174. The number of aromatic nitrogens is 1. The Labute approximate surface area is 194 Å². The Morgan fingerprint density at radius 2 is 1.73 bits per heavy atom. The van der Waals surface area contributed by atoms with Gasteiger partial charge in [-0.05, 0) is 56.5 Å². The second-order valence-corrected chi connectivity index (χ2v) is 6.99. The first-order chi connectivity index (χ1) is 16.0. The standard InChI is InChI=1S/C25H31NO7/c1-5-32-25(28)9-7-6-8-14-33-23-15-18(26-17-24(23)31-4)10-12-21(27)20-16-19(29-2)11-13-22(20)30-3/h10-13,15-17H,5-9,14H2,1-4H3/b12-10+. The van der Waals surface area contributed by atoms with E-state index >= 15 is 0 Å². The van der Waals surface area contributed by atoms with Gasteiger partial charge in [0.1, 0.15) is 11.5 Å². The molecule has 1 aromatic carbocycles. The third kappa shape index (κ3) is 8.14. The molecule has 0 aliphatic rings. The summed E-state index contributed by atoms with van der Waals surface area (Å²) in [5.41, 5.74) is 0.934. The Balaban J connectivity index is 1.99. The molecule has 0 aliphatic heterocycles. The molecule has 1 aromatic heterocycles. The SMILES string of the molecule is CCOC(=O)CCCCCOc1cc(/C=C/C(=O)c2cc(OC)ccc2OC)ncc1OC. The Hall–Kier alpha value is -3.55. The van der Waals surface area contributed by atoms with Gasteiger partial charge in [0, 0.05) is 12.5 Å². The minimum Gasteiger partial charge on any atom is -0.497 e. The van der Waals surface area contributed by atoms with Gasteiger partial charge in [0.2, 0.25) is 0 Å². The average Bonchev–Trinajstić information content (AvgIpc) is 2.84. The van der Waals surface area contributed by atoms with Crippen molar-refractivity contribution in [3.63, 3.8) is 0 Å². The molecule has 0 N–H and O–H groups in total. The van der Waals surface area contributed by atoms with Gasteiger partial charge in [0.15, 0.2) is 17.3 Å². The van der Waals surface area contributed by atoms with Gasteiger partial charge in [0.25, 0.3) is 0 Å². The summed E-state index contributed by atoms with van der Waals surface area (Å²) in [6.45, 7) is 2.66. The lowest BCUT2D eigenvalue weighted by molar-refractivity contribution is -0.143. The highest BCUT2D eigenvalue weighted by molar-refractivity contribution is 6.08. The van der Waals surface area contributed by atoms with Gasteiger partial charge in [-0.2, -0.15) is 0 Å². The topological polar surface area (TPSA) is 93.2 Å². The van der Waals surface area contributed by atoms with Gasteiger partial charge in [-0.15, -0.1) is 0 Å². The molecule has 2 rings (SSSR count). The van der Waals surface area contributed by atoms with Gasteiger partial charge >= 0.3 is 5.97 Å². The number of methoxy groups -OCH3 is 3. The maximum absolute atomic E-state index is 12.7. The number of hydrogen-bond donors (Lipinski definition) is 0. The first kappa shape index (κ1) is 25.7. The molecular weight excluding hydrogens is 426 g/mol. The van der Waals surface area contributed by atoms with Crippen LogP contribution in [-0.4, -0.2) is 51.3 Å². The summed E-state index contributed by atoms with van der Waals surface area (Å²) in [5.74, 6) is 1.64. The van der Waals surface area contributed by atoms with Crippen LogP contribution < -0.4 is 18.9 Å². The van der Waals surface area contributed by atoms with Crippen molar-refractivity contribution in [1.82, 2.24) is 4.98 Å². The van der Waals surface area contributed by atoms with E-state index in [0.717, 1.165) is 19.3 Å². The van der Waals surface area contributed by atoms with Crippen molar-refractivity contribution in [2.24, 2.45) is 0 Å². The van der Waals surface area contributed by atoms with Crippen LogP contribution in [0.25, 0.3) is 6.08 Å². The van der Waals surface area contributed by atoms with Gasteiger partial charge < -0.3 is 23.7 Å². The molecule has 0 amide bonds. The van der Waals surface area contributed by atoms with Crippen molar-refractivity contribution in [3.05, 3.63) is 47.8 Å². The molecule has 0 saturated carbocycles. The van der Waals surface area contributed by atoms with Crippen LogP contribution in [0.1, 0.15) is 48.7 Å². The zero-order chi connectivity index (χ0) is 24.1. The van der Waals surface area contributed by atoms with E-state index in [1.54, 1.807) is 43.5 Å². The van der Waals surface area contributed by atoms with Crippen molar-refractivity contribution >= 4 is 17.8 Å². The molecule has 2 aromatic rings. The summed E-state index contributed by atoms with van der Waals surface area (Å²) in [4.78, 5) is 28.4. The maximum Gasteiger partial charge on any atom is 0.305 e. The van der Waals surface area contributed by atoms with Crippen LogP contribution in [0.5, 0.6) is 23.0 Å². The molecule has 0 atom stereocenters. The zero-order valence-electron chi connectivity index (χ0n) is 19.6. The van der Waals surface area contributed by atoms with E-state index in [1.807, 2.05) is 0 Å².